The number of Topliss-reactive ketones (excluding diaryl/α,β-unsaturated/α-hetero) is 1. The molecule has 100 valence electrons. The van der Waals surface area contributed by atoms with Gasteiger partial charge in [0.2, 0.25) is 5.91 Å². The number of nitrogens with two attached hydrogens (primary N) is 1. The fourth-order valence-electron chi connectivity index (χ4n) is 1.95. The zero-order valence-electron chi connectivity index (χ0n) is 10.1. The molecule has 1 fully saturated rings. The summed E-state index contributed by atoms with van der Waals surface area (Å²) in [7, 11) is 0. The van der Waals surface area contributed by atoms with Crippen LogP contribution in [0, 0.1) is 0 Å². The Morgan fingerprint density at radius 1 is 1.44 bits per heavy atom. The van der Waals surface area contributed by atoms with E-state index >= 15 is 0 Å². The van der Waals surface area contributed by atoms with Gasteiger partial charge in [0.05, 0.1) is 16.6 Å². The normalized spacial score (nSPS) is 17.0. The van der Waals surface area contributed by atoms with Crippen LogP contribution in [0.25, 0.3) is 0 Å². The first-order chi connectivity index (χ1) is 8.01. The molecule has 1 amide bonds. The lowest BCUT2D eigenvalue weighted by Crippen LogP contribution is -2.48. The SMILES string of the molecule is CC(=O)c1cnc(NC(=O)C2(N)CCCC2)s1.Cl. The monoisotopic (exact) mass is 289 g/mol. The van der Waals surface area contributed by atoms with E-state index in [1.807, 2.05) is 0 Å². The third kappa shape index (κ3) is 3.07. The minimum Gasteiger partial charge on any atom is -0.317 e. The summed E-state index contributed by atoms with van der Waals surface area (Å²) in [6.07, 6.45) is 4.87. The fourth-order valence-corrected chi connectivity index (χ4v) is 2.66. The van der Waals surface area contributed by atoms with Crippen LogP contribution < -0.4 is 11.1 Å². The van der Waals surface area contributed by atoms with Crippen molar-refractivity contribution in [3.8, 4) is 0 Å². The van der Waals surface area contributed by atoms with E-state index in [0.717, 1.165) is 12.8 Å². The Labute approximate surface area is 116 Å². The van der Waals surface area contributed by atoms with Gasteiger partial charge in [-0.15, -0.1) is 12.4 Å². The van der Waals surface area contributed by atoms with Crippen LogP contribution in [0.5, 0.6) is 0 Å². The summed E-state index contributed by atoms with van der Waals surface area (Å²) in [6, 6.07) is 0. The van der Waals surface area contributed by atoms with Crippen molar-refractivity contribution in [2.45, 2.75) is 38.1 Å². The van der Waals surface area contributed by atoms with E-state index in [1.165, 1.54) is 24.5 Å². The number of halogens is 1. The van der Waals surface area contributed by atoms with Crippen molar-refractivity contribution < 1.29 is 9.59 Å². The number of carbonyl (C=O) groups excluding carboxylic acids is 2. The second-order valence-electron chi connectivity index (χ2n) is 4.40. The number of hydrogen-bond acceptors (Lipinski definition) is 5. The molecule has 0 bridgehead atoms. The minimum atomic E-state index is -0.762. The Kier molecular flexibility index (Phi) is 4.84. The van der Waals surface area contributed by atoms with E-state index in [2.05, 4.69) is 10.3 Å². The summed E-state index contributed by atoms with van der Waals surface area (Å²) >= 11 is 1.18. The first kappa shape index (κ1) is 15.1. The molecule has 1 heterocycles. The number of carbonyl (C=O) groups is 2. The molecule has 0 unspecified atom stereocenters. The average Bonchev–Trinajstić information content (AvgIpc) is 2.88. The predicted octanol–water partition coefficient (Wildman–Crippen LogP) is 1.98. The van der Waals surface area contributed by atoms with E-state index < -0.39 is 5.54 Å². The Morgan fingerprint density at radius 3 is 2.56 bits per heavy atom. The molecule has 1 aliphatic rings. The van der Waals surface area contributed by atoms with Gasteiger partial charge in [-0.25, -0.2) is 4.98 Å². The molecule has 0 aromatic carbocycles. The van der Waals surface area contributed by atoms with Crippen molar-refractivity contribution in [2.24, 2.45) is 5.73 Å². The van der Waals surface area contributed by atoms with E-state index in [4.69, 9.17) is 5.73 Å². The Balaban J connectivity index is 0.00000162. The molecule has 0 aliphatic heterocycles. The predicted molar refractivity (Wildman–Crippen MR) is 73.4 cm³/mol. The quantitative estimate of drug-likeness (QED) is 0.833. The van der Waals surface area contributed by atoms with Gasteiger partial charge in [0, 0.05) is 6.92 Å². The smallest absolute Gasteiger partial charge is 0.246 e. The number of aromatic nitrogens is 1. The molecule has 0 spiro atoms. The molecular weight excluding hydrogens is 274 g/mol. The Morgan fingerprint density at radius 2 is 2.06 bits per heavy atom. The topological polar surface area (TPSA) is 85.1 Å². The lowest BCUT2D eigenvalue weighted by atomic mass is 9.98. The summed E-state index contributed by atoms with van der Waals surface area (Å²) in [5, 5.41) is 3.13. The van der Waals surface area contributed by atoms with Gasteiger partial charge in [-0.1, -0.05) is 24.2 Å². The summed E-state index contributed by atoms with van der Waals surface area (Å²) in [5.74, 6) is -0.245. The summed E-state index contributed by atoms with van der Waals surface area (Å²) < 4.78 is 0. The molecule has 0 radical (unpaired) electrons. The van der Waals surface area contributed by atoms with E-state index in [0.29, 0.717) is 22.9 Å². The molecule has 1 saturated carbocycles. The van der Waals surface area contributed by atoms with E-state index in [9.17, 15) is 9.59 Å². The lowest BCUT2D eigenvalue weighted by Gasteiger charge is -2.21. The number of nitrogens with zero attached hydrogens (tertiary/aromatic N) is 1. The fraction of sp³-hybridized carbons (Fsp3) is 0.545. The first-order valence-corrected chi connectivity index (χ1v) is 6.40. The van der Waals surface area contributed by atoms with Crippen LogP contribution in [0.2, 0.25) is 0 Å². The molecule has 0 atom stereocenters. The highest BCUT2D eigenvalue weighted by molar-refractivity contribution is 7.17. The highest BCUT2D eigenvalue weighted by Crippen LogP contribution is 2.29. The maximum absolute atomic E-state index is 12.0. The van der Waals surface area contributed by atoms with Crippen molar-refractivity contribution in [3.05, 3.63) is 11.1 Å². The maximum Gasteiger partial charge on any atom is 0.246 e. The number of hydrogen-bond donors (Lipinski definition) is 2. The number of ketones is 1. The molecular formula is C11H16ClN3O2S. The number of nitrogens with one attached hydrogen (secondary N) is 1. The second-order valence-corrected chi connectivity index (χ2v) is 5.43. The van der Waals surface area contributed by atoms with Gasteiger partial charge in [0.1, 0.15) is 0 Å². The zero-order valence-corrected chi connectivity index (χ0v) is 11.7. The Bertz CT molecular complexity index is 455. The molecule has 5 nitrogen and oxygen atoms in total. The summed E-state index contributed by atoms with van der Waals surface area (Å²) in [4.78, 5) is 27.6. The number of rotatable bonds is 3. The standard InChI is InChI=1S/C11H15N3O2S.ClH/c1-7(15)8-6-13-10(17-8)14-9(16)11(12)4-2-3-5-11;/h6H,2-5,12H2,1H3,(H,13,14,16);1H. The lowest BCUT2D eigenvalue weighted by molar-refractivity contribution is -0.121. The van der Waals surface area contributed by atoms with Gasteiger partial charge in [0.25, 0.3) is 0 Å². The van der Waals surface area contributed by atoms with E-state index in [1.54, 1.807) is 0 Å². The molecule has 2 rings (SSSR count). The average molecular weight is 290 g/mol. The third-order valence-electron chi connectivity index (χ3n) is 3.02. The van der Waals surface area contributed by atoms with Crippen molar-refractivity contribution in [3.63, 3.8) is 0 Å². The van der Waals surface area contributed by atoms with Crippen LogP contribution in [0.3, 0.4) is 0 Å². The Hall–Kier alpha value is -0.980. The van der Waals surface area contributed by atoms with Crippen LogP contribution in [-0.4, -0.2) is 22.2 Å². The third-order valence-corrected chi connectivity index (χ3v) is 4.03. The molecule has 0 saturated heterocycles. The van der Waals surface area contributed by atoms with Crippen LogP contribution in [0.1, 0.15) is 42.3 Å². The van der Waals surface area contributed by atoms with Crippen molar-refractivity contribution in [1.29, 1.82) is 0 Å². The minimum absolute atomic E-state index is 0. The zero-order chi connectivity index (χ0) is 12.5. The molecule has 1 aromatic heterocycles. The van der Waals surface area contributed by atoms with Gasteiger partial charge < -0.3 is 11.1 Å². The van der Waals surface area contributed by atoms with Gasteiger partial charge in [-0.2, -0.15) is 0 Å². The van der Waals surface area contributed by atoms with Crippen LogP contribution >= 0.6 is 23.7 Å². The van der Waals surface area contributed by atoms with Gasteiger partial charge >= 0.3 is 0 Å². The highest BCUT2D eigenvalue weighted by Gasteiger charge is 2.37. The van der Waals surface area contributed by atoms with E-state index in [-0.39, 0.29) is 24.1 Å². The van der Waals surface area contributed by atoms with Crippen molar-refractivity contribution >= 4 is 40.6 Å². The first-order valence-electron chi connectivity index (χ1n) is 5.58. The largest absolute Gasteiger partial charge is 0.317 e. The summed E-state index contributed by atoms with van der Waals surface area (Å²) in [5.41, 5.74) is 5.25. The number of amides is 1. The molecule has 18 heavy (non-hydrogen) atoms. The van der Waals surface area contributed by atoms with Crippen LogP contribution in [-0.2, 0) is 4.79 Å². The van der Waals surface area contributed by atoms with Gasteiger partial charge in [0.15, 0.2) is 10.9 Å². The molecule has 1 aliphatic carbocycles. The van der Waals surface area contributed by atoms with Crippen molar-refractivity contribution in [1.82, 2.24) is 4.98 Å². The summed E-state index contributed by atoms with van der Waals surface area (Å²) in [6.45, 7) is 1.47. The van der Waals surface area contributed by atoms with Gasteiger partial charge in [-0.3, -0.25) is 9.59 Å². The molecule has 3 N–H and O–H groups in total. The highest BCUT2D eigenvalue weighted by atomic mass is 35.5. The van der Waals surface area contributed by atoms with Gasteiger partial charge in [-0.05, 0) is 12.8 Å². The van der Waals surface area contributed by atoms with Crippen molar-refractivity contribution in [2.75, 3.05) is 5.32 Å². The number of anilines is 1. The van der Waals surface area contributed by atoms with Crippen LogP contribution in [0.15, 0.2) is 6.20 Å². The van der Waals surface area contributed by atoms with Crippen LogP contribution in [0.4, 0.5) is 5.13 Å². The second kappa shape index (κ2) is 5.77. The number of thiazole rings is 1. The molecule has 7 heteroatoms. The molecule has 1 aromatic rings. The maximum atomic E-state index is 12.0.